The highest BCUT2D eigenvalue weighted by molar-refractivity contribution is 5.44. The molecule has 1 fully saturated rings. The van der Waals surface area contributed by atoms with Crippen molar-refractivity contribution in [1.82, 2.24) is 4.90 Å². The van der Waals surface area contributed by atoms with E-state index in [0.717, 1.165) is 39.2 Å². The lowest BCUT2D eigenvalue weighted by Gasteiger charge is -2.32. The number of aryl methyl sites for hydroxylation is 1. The molecule has 1 aromatic rings. The molecule has 1 unspecified atom stereocenters. The number of anilines is 1. The summed E-state index contributed by atoms with van der Waals surface area (Å²) in [6.45, 7) is 9.41. The zero-order valence-electron chi connectivity index (χ0n) is 11.5. The monoisotopic (exact) mass is 248 g/mol. The van der Waals surface area contributed by atoms with Gasteiger partial charge in [0.25, 0.3) is 0 Å². The SMILES string of the molecule is CCC1CN(CCNc2ccc(C)cc2)CCO1. The molecule has 1 saturated heterocycles. The molecule has 1 heterocycles. The Bertz CT molecular complexity index is 350. The van der Waals surface area contributed by atoms with Crippen molar-refractivity contribution in [2.45, 2.75) is 26.4 Å². The van der Waals surface area contributed by atoms with Gasteiger partial charge in [0.1, 0.15) is 0 Å². The number of morpholine rings is 1. The van der Waals surface area contributed by atoms with E-state index >= 15 is 0 Å². The molecule has 1 N–H and O–H groups in total. The zero-order chi connectivity index (χ0) is 12.8. The largest absolute Gasteiger partial charge is 0.384 e. The molecule has 1 aliphatic rings. The molecule has 2 rings (SSSR count). The summed E-state index contributed by atoms with van der Waals surface area (Å²) in [5.74, 6) is 0. The third-order valence-electron chi connectivity index (χ3n) is 3.49. The average molecular weight is 248 g/mol. The first-order valence-corrected chi connectivity index (χ1v) is 6.92. The Morgan fingerprint density at radius 3 is 2.83 bits per heavy atom. The lowest BCUT2D eigenvalue weighted by molar-refractivity contribution is -0.0282. The van der Waals surface area contributed by atoms with Crippen LogP contribution in [0.5, 0.6) is 0 Å². The number of hydrogen-bond donors (Lipinski definition) is 1. The Kier molecular flexibility index (Phi) is 5.02. The molecule has 0 spiro atoms. The van der Waals surface area contributed by atoms with E-state index in [0.29, 0.717) is 6.10 Å². The molecule has 0 saturated carbocycles. The predicted octanol–water partition coefficient (Wildman–Crippen LogP) is 2.52. The van der Waals surface area contributed by atoms with Crippen LogP contribution in [0.15, 0.2) is 24.3 Å². The molecule has 0 radical (unpaired) electrons. The quantitative estimate of drug-likeness (QED) is 0.866. The van der Waals surface area contributed by atoms with E-state index in [1.165, 1.54) is 11.3 Å². The van der Waals surface area contributed by atoms with Gasteiger partial charge in [0.15, 0.2) is 0 Å². The molecule has 0 aromatic heterocycles. The lowest BCUT2D eigenvalue weighted by Crippen LogP contribution is -2.43. The molecule has 100 valence electrons. The van der Waals surface area contributed by atoms with Crippen molar-refractivity contribution in [1.29, 1.82) is 0 Å². The van der Waals surface area contributed by atoms with E-state index in [-0.39, 0.29) is 0 Å². The minimum absolute atomic E-state index is 0.429. The number of rotatable bonds is 5. The summed E-state index contributed by atoms with van der Waals surface area (Å²) in [6, 6.07) is 8.57. The summed E-state index contributed by atoms with van der Waals surface area (Å²) >= 11 is 0. The number of nitrogens with zero attached hydrogens (tertiary/aromatic N) is 1. The Hall–Kier alpha value is -1.06. The molecular formula is C15H24N2O. The Labute approximate surface area is 110 Å². The van der Waals surface area contributed by atoms with Gasteiger partial charge in [0.05, 0.1) is 12.7 Å². The van der Waals surface area contributed by atoms with Gasteiger partial charge in [-0.2, -0.15) is 0 Å². The van der Waals surface area contributed by atoms with Crippen molar-refractivity contribution in [2.24, 2.45) is 0 Å². The van der Waals surface area contributed by atoms with Gasteiger partial charge >= 0.3 is 0 Å². The van der Waals surface area contributed by atoms with Crippen LogP contribution in [0.25, 0.3) is 0 Å². The van der Waals surface area contributed by atoms with Crippen molar-refractivity contribution in [3.8, 4) is 0 Å². The second-order valence-corrected chi connectivity index (χ2v) is 4.99. The standard InChI is InChI=1S/C15H24N2O/c1-3-15-12-17(10-11-18-15)9-8-16-14-6-4-13(2)5-7-14/h4-7,15-16H,3,8-12H2,1-2H3. The molecular weight excluding hydrogens is 224 g/mol. The van der Waals surface area contributed by atoms with E-state index in [4.69, 9.17) is 4.74 Å². The third kappa shape index (κ3) is 4.00. The minimum atomic E-state index is 0.429. The molecule has 0 amide bonds. The van der Waals surface area contributed by atoms with Gasteiger partial charge in [-0.1, -0.05) is 24.6 Å². The fraction of sp³-hybridized carbons (Fsp3) is 0.600. The van der Waals surface area contributed by atoms with Gasteiger partial charge in [-0.3, -0.25) is 4.90 Å². The van der Waals surface area contributed by atoms with Crippen LogP contribution in [0.2, 0.25) is 0 Å². The maximum absolute atomic E-state index is 5.67. The highest BCUT2D eigenvalue weighted by Crippen LogP contribution is 2.10. The summed E-state index contributed by atoms with van der Waals surface area (Å²) < 4.78 is 5.67. The molecule has 1 atom stereocenters. The van der Waals surface area contributed by atoms with Crippen molar-refractivity contribution >= 4 is 5.69 Å². The third-order valence-corrected chi connectivity index (χ3v) is 3.49. The van der Waals surface area contributed by atoms with Crippen LogP contribution in [0.1, 0.15) is 18.9 Å². The number of nitrogens with one attached hydrogen (secondary N) is 1. The summed E-state index contributed by atoms with van der Waals surface area (Å²) in [7, 11) is 0. The van der Waals surface area contributed by atoms with E-state index in [2.05, 4.69) is 48.3 Å². The van der Waals surface area contributed by atoms with Gasteiger partial charge in [0.2, 0.25) is 0 Å². The van der Waals surface area contributed by atoms with Crippen LogP contribution in [0, 0.1) is 6.92 Å². The van der Waals surface area contributed by atoms with E-state index in [1.54, 1.807) is 0 Å². The zero-order valence-corrected chi connectivity index (χ0v) is 11.5. The van der Waals surface area contributed by atoms with E-state index in [1.807, 2.05) is 0 Å². The molecule has 3 nitrogen and oxygen atoms in total. The number of benzene rings is 1. The first-order chi connectivity index (χ1) is 8.78. The minimum Gasteiger partial charge on any atom is -0.384 e. The van der Waals surface area contributed by atoms with Gasteiger partial charge in [-0.25, -0.2) is 0 Å². The van der Waals surface area contributed by atoms with Gasteiger partial charge in [0, 0.05) is 31.9 Å². The van der Waals surface area contributed by atoms with Crippen LogP contribution in [0.4, 0.5) is 5.69 Å². The maximum Gasteiger partial charge on any atom is 0.0700 e. The summed E-state index contributed by atoms with van der Waals surface area (Å²) in [6.07, 6.45) is 1.54. The number of hydrogen-bond acceptors (Lipinski definition) is 3. The van der Waals surface area contributed by atoms with Crippen LogP contribution >= 0.6 is 0 Å². The maximum atomic E-state index is 5.67. The fourth-order valence-electron chi connectivity index (χ4n) is 2.26. The van der Waals surface area contributed by atoms with Crippen LogP contribution in [0.3, 0.4) is 0 Å². The summed E-state index contributed by atoms with van der Waals surface area (Å²) in [5, 5.41) is 3.47. The van der Waals surface area contributed by atoms with Crippen molar-refractivity contribution < 1.29 is 4.74 Å². The van der Waals surface area contributed by atoms with Crippen LogP contribution in [-0.4, -0.2) is 43.8 Å². The summed E-state index contributed by atoms with van der Waals surface area (Å²) in [5.41, 5.74) is 2.51. The normalized spacial score (nSPS) is 20.9. The highest BCUT2D eigenvalue weighted by Gasteiger charge is 2.17. The smallest absolute Gasteiger partial charge is 0.0700 e. The second kappa shape index (κ2) is 6.76. The predicted molar refractivity (Wildman–Crippen MR) is 76.1 cm³/mol. The molecule has 1 aromatic carbocycles. The highest BCUT2D eigenvalue weighted by atomic mass is 16.5. The Balaban J connectivity index is 1.70. The van der Waals surface area contributed by atoms with Gasteiger partial charge in [-0.05, 0) is 25.5 Å². The van der Waals surface area contributed by atoms with Crippen molar-refractivity contribution in [3.63, 3.8) is 0 Å². The second-order valence-electron chi connectivity index (χ2n) is 4.99. The molecule has 0 aliphatic carbocycles. The van der Waals surface area contributed by atoms with Crippen LogP contribution in [-0.2, 0) is 4.74 Å². The van der Waals surface area contributed by atoms with Gasteiger partial charge < -0.3 is 10.1 Å². The first kappa shape index (κ1) is 13.4. The Morgan fingerprint density at radius 2 is 2.11 bits per heavy atom. The molecule has 1 aliphatic heterocycles. The van der Waals surface area contributed by atoms with Crippen molar-refractivity contribution in [3.05, 3.63) is 29.8 Å². The first-order valence-electron chi connectivity index (χ1n) is 6.92. The number of ether oxygens (including phenoxy) is 1. The van der Waals surface area contributed by atoms with E-state index in [9.17, 15) is 0 Å². The fourth-order valence-corrected chi connectivity index (χ4v) is 2.26. The lowest BCUT2D eigenvalue weighted by atomic mass is 10.2. The van der Waals surface area contributed by atoms with E-state index < -0.39 is 0 Å². The van der Waals surface area contributed by atoms with Crippen molar-refractivity contribution in [2.75, 3.05) is 38.1 Å². The molecule has 3 heteroatoms. The summed E-state index contributed by atoms with van der Waals surface area (Å²) in [4.78, 5) is 2.48. The van der Waals surface area contributed by atoms with Crippen LogP contribution < -0.4 is 5.32 Å². The molecule has 18 heavy (non-hydrogen) atoms. The molecule has 0 bridgehead atoms. The topological polar surface area (TPSA) is 24.5 Å². The Morgan fingerprint density at radius 1 is 1.33 bits per heavy atom. The average Bonchev–Trinajstić information content (AvgIpc) is 2.41. The van der Waals surface area contributed by atoms with Gasteiger partial charge in [-0.15, -0.1) is 0 Å².